The predicted octanol–water partition coefficient (Wildman–Crippen LogP) is 4.22. The van der Waals surface area contributed by atoms with Crippen LogP contribution in [0, 0.1) is 17.7 Å². The standard InChI is InChI=1S/C16H12ClFO/c1-19-16(13-6-9-14(17)10-7-13)11-8-12-4-2-3-5-15(12)18/h2-7,9-10,16H,1H3. The van der Waals surface area contributed by atoms with Gasteiger partial charge in [-0.3, -0.25) is 0 Å². The quantitative estimate of drug-likeness (QED) is 0.745. The minimum absolute atomic E-state index is 0.332. The van der Waals surface area contributed by atoms with Crippen molar-refractivity contribution in [3.05, 3.63) is 70.5 Å². The third-order valence-corrected chi connectivity index (χ3v) is 2.87. The maximum absolute atomic E-state index is 13.4. The highest BCUT2D eigenvalue weighted by atomic mass is 35.5. The van der Waals surface area contributed by atoms with Crippen LogP contribution in [0.3, 0.4) is 0 Å². The molecule has 0 fully saturated rings. The van der Waals surface area contributed by atoms with Crippen LogP contribution in [0.1, 0.15) is 17.2 Å². The Balaban J connectivity index is 2.25. The number of hydrogen-bond acceptors (Lipinski definition) is 1. The number of methoxy groups -OCH3 is 1. The van der Waals surface area contributed by atoms with E-state index in [2.05, 4.69) is 11.8 Å². The van der Waals surface area contributed by atoms with E-state index in [1.807, 2.05) is 12.1 Å². The SMILES string of the molecule is COC(C#Cc1ccccc1F)c1ccc(Cl)cc1. The lowest BCUT2D eigenvalue weighted by Gasteiger charge is -2.08. The molecule has 0 aromatic heterocycles. The van der Waals surface area contributed by atoms with Gasteiger partial charge in [0.1, 0.15) is 11.9 Å². The Hall–Kier alpha value is -1.82. The van der Waals surface area contributed by atoms with Crippen LogP contribution in [-0.4, -0.2) is 7.11 Å². The number of benzene rings is 2. The second-order valence-corrected chi connectivity index (χ2v) is 4.35. The average molecular weight is 275 g/mol. The van der Waals surface area contributed by atoms with Crippen molar-refractivity contribution in [2.24, 2.45) is 0 Å². The average Bonchev–Trinajstić information content (AvgIpc) is 2.43. The summed E-state index contributed by atoms with van der Waals surface area (Å²) in [6.07, 6.45) is -0.406. The van der Waals surface area contributed by atoms with E-state index in [1.54, 1.807) is 37.4 Å². The molecule has 0 saturated heterocycles. The van der Waals surface area contributed by atoms with Crippen LogP contribution in [0.4, 0.5) is 4.39 Å². The van der Waals surface area contributed by atoms with Crippen molar-refractivity contribution in [3.8, 4) is 11.8 Å². The van der Waals surface area contributed by atoms with Crippen LogP contribution in [0.15, 0.2) is 48.5 Å². The summed E-state index contributed by atoms with van der Waals surface area (Å²) in [5, 5.41) is 0.653. The normalized spacial score (nSPS) is 11.5. The zero-order chi connectivity index (χ0) is 13.7. The molecule has 1 nitrogen and oxygen atoms in total. The van der Waals surface area contributed by atoms with E-state index >= 15 is 0 Å². The molecule has 96 valence electrons. The summed E-state index contributed by atoms with van der Waals surface area (Å²) in [5.41, 5.74) is 1.24. The third-order valence-electron chi connectivity index (χ3n) is 2.62. The summed E-state index contributed by atoms with van der Waals surface area (Å²) in [4.78, 5) is 0. The van der Waals surface area contributed by atoms with E-state index in [9.17, 15) is 4.39 Å². The van der Waals surface area contributed by atoms with E-state index in [0.29, 0.717) is 10.6 Å². The largest absolute Gasteiger partial charge is 0.364 e. The fourth-order valence-electron chi connectivity index (χ4n) is 1.62. The molecule has 0 amide bonds. The van der Waals surface area contributed by atoms with Gasteiger partial charge in [-0.1, -0.05) is 47.7 Å². The summed E-state index contributed by atoms with van der Waals surface area (Å²) in [6, 6.07) is 13.6. The Morgan fingerprint density at radius 2 is 1.79 bits per heavy atom. The van der Waals surface area contributed by atoms with Crippen LogP contribution >= 0.6 is 11.6 Å². The Labute approximate surface area is 117 Å². The lowest BCUT2D eigenvalue weighted by atomic mass is 10.1. The van der Waals surface area contributed by atoms with Gasteiger partial charge in [0.05, 0.1) is 5.56 Å². The maximum atomic E-state index is 13.4. The molecule has 2 rings (SSSR count). The third kappa shape index (κ3) is 3.57. The number of ether oxygens (including phenoxy) is 1. The highest BCUT2D eigenvalue weighted by Crippen LogP contribution is 2.18. The van der Waals surface area contributed by atoms with Gasteiger partial charge in [-0.25, -0.2) is 4.39 Å². The highest BCUT2D eigenvalue weighted by molar-refractivity contribution is 6.30. The van der Waals surface area contributed by atoms with Gasteiger partial charge in [0.15, 0.2) is 0 Å². The van der Waals surface area contributed by atoms with Gasteiger partial charge < -0.3 is 4.74 Å². The first-order valence-corrected chi connectivity index (χ1v) is 6.13. The highest BCUT2D eigenvalue weighted by Gasteiger charge is 2.06. The lowest BCUT2D eigenvalue weighted by molar-refractivity contribution is 0.150. The molecule has 1 unspecified atom stereocenters. The van der Waals surface area contributed by atoms with Crippen LogP contribution in [-0.2, 0) is 4.74 Å². The Bertz CT molecular complexity index is 611. The van der Waals surface area contributed by atoms with Crippen molar-refractivity contribution in [3.63, 3.8) is 0 Å². The van der Waals surface area contributed by atoms with Crippen molar-refractivity contribution >= 4 is 11.6 Å². The first-order valence-electron chi connectivity index (χ1n) is 5.75. The van der Waals surface area contributed by atoms with Crippen LogP contribution < -0.4 is 0 Å². The van der Waals surface area contributed by atoms with Crippen LogP contribution in [0.25, 0.3) is 0 Å². The van der Waals surface area contributed by atoms with Gasteiger partial charge in [-0.05, 0) is 29.8 Å². The van der Waals surface area contributed by atoms with Gasteiger partial charge in [0.25, 0.3) is 0 Å². The number of rotatable bonds is 2. The Morgan fingerprint density at radius 3 is 2.42 bits per heavy atom. The molecule has 0 N–H and O–H groups in total. The fourth-order valence-corrected chi connectivity index (χ4v) is 1.75. The fraction of sp³-hybridized carbons (Fsp3) is 0.125. The van der Waals surface area contributed by atoms with E-state index in [1.165, 1.54) is 6.07 Å². The van der Waals surface area contributed by atoms with Crippen LogP contribution in [0.5, 0.6) is 0 Å². The Kier molecular flexibility index (Phi) is 4.57. The summed E-state index contributed by atoms with van der Waals surface area (Å²) in [6.45, 7) is 0. The smallest absolute Gasteiger partial charge is 0.143 e. The minimum Gasteiger partial charge on any atom is -0.364 e. The van der Waals surface area contributed by atoms with Gasteiger partial charge in [-0.2, -0.15) is 0 Å². The molecule has 0 spiro atoms. The van der Waals surface area contributed by atoms with E-state index in [-0.39, 0.29) is 5.82 Å². The van der Waals surface area contributed by atoms with Gasteiger partial charge >= 0.3 is 0 Å². The summed E-state index contributed by atoms with van der Waals surface area (Å²) >= 11 is 5.83. The molecular weight excluding hydrogens is 263 g/mol. The zero-order valence-corrected chi connectivity index (χ0v) is 11.1. The van der Waals surface area contributed by atoms with Gasteiger partial charge in [0, 0.05) is 12.1 Å². The predicted molar refractivity (Wildman–Crippen MR) is 74.5 cm³/mol. The van der Waals surface area contributed by atoms with E-state index < -0.39 is 6.10 Å². The monoisotopic (exact) mass is 274 g/mol. The second-order valence-electron chi connectivity index (χ2n) is 3.92. The first kappa shape index (κ1) is 13.6. The molecule has 0 heterocycles. The van der Waals surface area contributed by atoms with Crippen molar-refractivity contribution in [1.82, 2.24) is 0 Å². The molecule has 0 radical (unpaired) electrons. The molecule has 2 aromatic carbocycles. The molecule has 1 atom stereocenters. The topological polar surface area (TPSA) is 9.23 Å². The van der Waals surface area contributed by atoms with Crippen molar-refractivity contribution < 1.29 is 9.13 Å². The molecule has 0 saturated carbocycles. The maximum Gasteiger partial charge on any atom is 0.143 e. The first-order chi connectivity index (χ1) is 9.20. The molecule has 2 aromatic rings. The second kappa shape index (κ2) is 6.38. The van der Waals surface area contributed by atoms with E-state index in [4.69, 9.17) is 16.3 Å². The van der Waals surface area contributed by atoms with Crippen molar-refractivity contribution in [2.75, 3.05) is 7.11 Å². The summed E-state index contributed by atoms with van der Waals surface area (Å²) in [5.74, 6) is 5.37. The van der Waals surface area contributed by atoms with E-state index in [0.717, 1.165) is 5.56 Å². The van der Waals surface area contributed by atoms with Gasteiger partial charge in [0.2, 0.25) is 0 Å². The number of halogens is 2. The van der Waals surface area contributed by atoms with Crippen molar-refractivity contribution in [2.45, 2.75) is 6.10 Å². The molecule has 3 heteroatoms. The molecule has 0 aliphatic heterocycles. The molecular formula is C16H12ClFO. The zero-order valence-electron chi connectivity index (χ0n) is 10.4. The van der Waals surface area contributed by atoms with Crippen molar-refractivity contribution in [1.29, 1.82) is 0 Å². The Morgan fingerprint density at radius 1 is 1.11 bits per heavy atom. The summed E-state index contributed by atoms with van der Waals surface area (Å²) < 4.78 is 18.7. The van der Waals surface area contributed by atoms with Crippen LogP contribution in [0.2, 0.25) is 5.02 Å². The summed E-state index contributed by atoms with van der Waals surface area (Å²) in [7, 11) is 1.56. The lowest BCUT2D eigenvalue weighted by Crippen LogP contribution is -1.98. The number of hydrogen-bond donors (Lipinski definition) is 0. The molecule has 0 aliphatic carbocycles. The molecule has 0 bridgehead atoms. The minimum atomic E-state index is -0.406. The van der Waals surface area contributed by atoms with Gasteiger partial charge in [-0.15, -0.1) is 0 Å². The molecule has 19 heavy (non-hydrogen) atoms. The molecule has 0 aliphatic rings.